The third-order valence-electron chi connectivity index (χ3n) is 6.43. The topological polar surface area (TPSA) is 67.9 Å². The van der Waals surface area contributed by atoms with Crippen molar-refractivity contribution in [2.75, 3.05) is 25.6 Å². The van der Waals surface area contributed by atoms with Crippen LogP contribution < -0.4 is 5.32 Å². The van der Waals surface area contributed by atoms with E-state index in [9.17, 15) is 9.59 Å². The van der Waals surface area contributed by atoms with Crippen molar-refractivity contribution in [3.8, 4) is 0 Å². The Balaban J connectivity index is 1.45. The van der Waals surface area contributed by atoms with Crippen LogP contribution in [-0.2, 0) is 31.9 Å². The summed E-state index contributed by atoms with van der Waals surface area (Å²) in [4.78, 5) is 28.8. The van der Waals surface area contributed by atoms with E-state index in [4.69, 9.17) is 9.47 Å². The number of hydrogen-bond acceptors (Lipinski definition) is 6. The van der Waals surface area contributed by atoms with Crippen LogP contribution in [-0.4, -0.2) is 65.8 Å². The molecule has 2 fully saturated rings. The van der Waals surface area contributed by atoms with Crippen LogP contribution >= 0.6 is 11.8 Å². The second kappa shape index (κ2) is 9.81. The number of ketones is 1. The highest BCUT2D eigenvalue weighted by Crippen LogP contribution is 2.34. The van der Waals surface area contributed by atoms with Crippen LogP contribution in [0.2, 0.25) is 0 Å². The van der Waals surface area contributed by atoms with E-state index >= 15 is 0 Å². The van der Waals surface area contributed by atoms with Gasteiger partial charge in [0, 0.05) is 31.6 Å². The average Bonchev–Trinajstić information content (AvgIpc) is 3.51. The molecule has 1 amide bonds. The second-order valence-electron chi connectivity index (χ2n) is 8.21. The van der Waals surface area contributed by atoms with Gasteiger partial charge in [-0.05, 0) is 50.7 Å². The maximum absolute atomic E-state index is 13.5. The van der Waals surface area contributed by atoms with Crippen molar-refractivity contribution in [1.82, 2.24) is 10.2 Å². The summed E-state index contributed by atoms with van der Waals surface area (Å²) in [5, 5.41) is 2.98. The molecule has 2 saturated heterocycles. The number of rotatable bonds is 8. The molecular weight excluding hydrogens is 400 g/mol. The maximum atomic E-state index is 13.5. The van der Waals surface area contributed by atoms with Gasteiger partial charge in [0.2, 0.25) is 5.91 Å². The lowest BCUT2D eigenvalue weighted by Crippen LogP contribution is -2.54. The van der Waals surface area contributed by atoms with Gasteiger partial charge in [-0.2, -0.15) is 0 Å². The molecule has 7 heteroatoms. The molecule has 1 aromatic carbocycles. The van der Waals surface area contributed by atoms with Crippen LogP contribution in [0.15, 0.2) is 24.3 Å². The lowest BCUT2D eigenvalue weighted by atomic mass is 9.94. The predicted molar refractivity (Wildman–Crippen MR) is 117 cm³/mol. The number of fused-ring (bicyclic) bond motifs is 1. The van der Waals surface area contributed by atoms with E-state index in [2.05, 4.69) is 17.4 Å². The molecule has 2 aliphatic heterocycles. The monoisotopic (exact) mass is 432 g/mol. The molecule has 30 heavy (non-hydrogen) atoms. The van der Waals surface area contributed by atoms with Gasteiger partial charge in [-0.25, -0.2) is 0 Å². The van der Waals surface area contributed by atoms with Gasteiger partial charge < -0.3 is 14.4 Å². The van der Waals surface area contributed by atoms with Crippen molar-refractivity contribution in [3.05, 3.63) is 35.4 Å². The lowest BCUT2D eigenvalue weighted by Gasteiger charge is -2.33. The Morgan fingerprint density at radius 2 is 1.83 bits per heavy atom. The van der Waals surface area contributed by atoms with E-state index in [0.29, 0.717) is 25.6 Å². The maximum Gasteiger partial charge on any atom is 0.241 e. The Bertz CT molecular complexity index is 742. The van der Waals surface area contributed by atoms with Gasteiger partial charge in [0.25, 0.3) is 0 Å². The molecule has 3 atom stereocenters. The number of ether oxygens (including phenoxy) is 2. The number of benzene rings is 1. The first-order chi connectivity index (χ1) is 14.6. The van der Waals surface area contributed by atoms with Crippen molar-refractivity contribution in [1.29, 1.82) is 0 Å². The fourth-order valence-corrected chi connectivity index (χ4v) is 6.23. The molecule has 0 bridgehead atoms. The summed E-state index contributed by atoms with van der Waals surface area (Å²) in [6.45, 7) is 5.67. The van der Waals surface area contributed by atoms with Gasteiger partial charge in [-0.3, -0.25) is 14.9 Å². The molecule has 6 nitrogen and oxygen atoms in total. The minimum atomic E-state index is -0.462. The van der Waals surface area contributed by atoms with E-state index < -0.39 is 12.3 Å². The molecule has 3 aliphatic rings. The highest BCUT2D eigenvalue weighted by Gasteiger charge is 2.46. The quantitative estimate of drug-likeness (QED) is 0.637. The molecule has 4 rings (SSSR count). The van der Waals surface area contributed by atoms with Gasteiger partial charge >= 0.3 is 0 Å². The Hall–Kier alpha value is -1.41. The number of carbonyl (C=O) groups excluding carboxylic acids is 2. The number of thioether (sulfide) groups is 1. The minimum absolute atomic E-state index is 0.0146. The molecule has 0 saturated carbocycles. The molecule has 0 spiro atoms. The molecule has 1 N–H and O–H groups in total. The van der Waals surface area contributed by atoms with Gasteiger partial charge in [0.15, 0.2) is 12.1 Å². The summed E-state index contributed by atoms with van der Waals surface area (Å²) in [6.07, 6.45) is 2.97. The zero-order chi connectivity index (χ0) is 21.1. The van der Waals surface area contributed by atoms with Crippen molar-refractivity contribution in [2.45, 2.75) is 63.2 Å². The molecule has 2 heterocycles. The van der Waals surface area contributed by atoms with Crippen molar-refractivity contribution < 1.29 is 19.1 Å². The SMILES string of the molecule is CCOC(OCC)[C@@H]1CCCN1C(=O)[C@H]1NCSC1C(=O)C1Cc2ccccc2C1. The van der Waals surface area contributed by atoms with Crippen molar-refractivity contribution in [3.63, 3.8) is 0 Å². The Morgan fingerprint density at radius 3 is 2.47 bits per heavy atom. The molecule has 1 aromatic rings. The van der Waals surface area contributed by atoms with E-state index in [-0.39, 0.29) is 28.9 Å². The molecule has 1 aliphatic carbocycles. The summed E-state index contributed by atoms with van der Waals surface area (Å²) in [5.41, 5.74) is 2.54. The number of hydrogen-bond donors (Lipinski definition) is 1. The van der Waals surface area contributed by atoms with Crippen LogP contribution in [0.3, 0.4) is 0 Å². The molecule has 0 aromatic heterocycles. The number of nitrogens with zero attached hydrogens (tertiary/aromatic N) is 1. The number of Topliss-reactive ketones (excluding diaryl/α,β-unsaturated/α-hetero) is 1. The highest BCUT2D eigenvalue weighted by atomic mass is 32.2. The standard InChI is InChI=1S/C23H32N2O4S/c1-3-28-23(29-4-2)18-10-7-11-25(18)22(27)19-21(30-14-24-19)20(26)17-12-15-8-5-6-9-16(15)13-17/h5-6,8-9,17-19,21,23-24H,3-4,7,10-14H2,1-2H3/t18-,19-,21?/m0/s1. The predicted octanol–water partition coefficient (Wildman–Crippen LogP) is 2.39. The Morgan fingerprint density at radius 1 is 1.17 bits per heavy atom. The van der Waals surface area contributed by atoms with Crippen LogP contribution in [0.4, 0.5) is 0 Å². The van der Waals surface area contributed by atoms with Crippen LogP contribution in [0.5, 0.6) is 0 Å². The molecule has 164 valence electrons. The molecule has 1 unspecified atom stereocenters. The van der Waals surface area contributed by atoms with E-state index in [1.807, 2.05) is 30.9 Å². The van der Waals surface area contributed by atoms with Gasteiger partial charge in [-0.1, -0.05) is 24.3 Å². The number of likely N-dealkylation sites (tertiary alicyclic amines) is 1. The summed E-state index contributed by atoms with van der Waals surface area (Å²) < 4.78 is 11.6. The van der Waals surface area contributed by atoms with E-state index in [0.717, 1.165) is 25.7 Å². The van der Waals surface area contributed by atoms with Crippen molar-refractivity contribution in [2.24, 2.45) is 5.92 Å². The third-order valence-corrected chi connectivity index (χ3v) is 7.62. The normalized spacial score (nSPS) is 26.5. The lowest BCUT2D eigenvalue weighted by molar-refractivity contribution is -0.175. The summed E-state index contributed by atoms with van der Waals surface area (Å²) in [7, 11) is 0. The van der Waals surface area contributed by atoms with Crippen molar-refractivity contribution >= 4 is 23.5 Å². The zero-order valence-corrected chi connectivity index (χ0v) is 18.7. The summed E-state index contributed by atoms with van der Waals surface area (Å²) in [6, 6.07) is 7.74. The fraction of sp³-hybridized carbons (Fsp3) is 0.652. The first kappa shape index (κ1) is 21.8. The first-order valence-electron chi connectivity index (χ1n) is 11.1. The van der Waals surface area contributed by atoms with Gasteiger partial charge in [0.1, 0.15) is 6.04 Å². The zero-order valence-electron chi connectivity index (χ0n) is 17.8. The summed E-state index contributed by atoms with van der Waals surface area (Å²) >= 11 is 1.57. The molecule has 0 radical (unpaired) electrons. The van der Waals surface area contributed by atoms with Crippen LogP contribution in [0.25, 0.3) is 0 Å². The van der Waals surface area contributed by atoms with E-state index in [1.165, 1.54) is 11.1 Å². The third kappa shape index (κ3) is 4.31. The Kier molecular flexibility index (Phi) is 7.13. The summed E-state index contributed by atoms with van der Waals surface area (Å²) in [5.74, 6) is 0.831. The van der Waals surface area contributed by atoms with Gasteiger partial charge in [0.05, 0.1) is 11.3 Å². The Labute approximate surface area is 183 Å². The largest absolute Gasteiger partial charge is 0.351 e. The fourth-order valence-electron chi connectivity index (χ4n) is 5.01. The highest BCUT2D eigenvalue weighted by molar-refractivity contribution is 8.00. The average molecular weight is 433 g/mol. The number of amides is 1. The number of nitrogens with one attached hydrogen (secondary N) is 1. The smallest absolute Gasteiger partial charge is 0.241 e. The molecular formula is C23H32N2O4S. The van der Waals surface area contributed by atoms with Crippen LogP contribution in [0, 0.1) is 5.92 Å². The van der Waals surface area contributed by atoms with Gasteiger partial charge in [-0.15, -0.1) is 11.8 Å². The minimum Gasteiger partial charge on any atom is -0.351 e. The first-order valence-corrected chi connectivity index (χ1v) is 12.2. The van der Waals surface area contributed by atoms with Crippen LogP contribution in [0.1, 0.15) is 37.8 Å². The van der Waals surface area contributed by atoms with E-state index in [1.54, 1.807) is 11.8 Å². The number of carbonyl (C=O) groups is 2. The second-order valence-corrected chi connectivity index (χ2v) is 9.34.